The van der Waals surface area contributed by atoms with Crippen LogP contribution in [0.5, 0.6) is 0 Å². The number of carbonyl (C=O) groups is 1. The number of nitrogens with one attached hydrogen (secondary N) is 1. The summed E-state index contributed by atoms with van der Waals surface area (Å²) in [5.74, 6) is -0.117. The van der Waals surface area contributed by atoms with Crippen LogP contribution < -0.4 is 5.32 Å². The lowest BCUT2D eigenvalue weighted by Crippen LogP contribution is -2.45. The largest absolute Gasteiger partial charge is 0.366 e. The maximum Gasteiger partial charge on any atom is 0.249 e. The van der Waals surface area contributed by atoms with Crippen molar-refractivity contribution >= 4 is 15.7 Å². The van der Waals surface area contributed by atoms with E-state index in [0.29, 0.717) is 19.6 Å². The number of rotatable bonds is 3. The summed E-state index contributed by atoms with van der Waals surface area (Å²) in [5, 5.41) is 2.73. The van der Waals surface area contributed by atoms with Crippen LogP contribution in [0.25, 0.3) is 0 Å². The van der Waals surface area contributed by atoms with Gasteiger partial charge in [-0.3, -0.25) is 4.79 Å². The molecule has 0 aliphatic carbocycles. The zero-order valence-electron chi connectivity index (χ0n) is 10.0. The van der Waals surface area contributed by atoms with E-state index in [0.717, 1.165) is 5.56 Å². The third-order valence-electron chi connectivity index (χ3n) is 2.79. The van der Waals surface area contributed by atoms with Gasteiger partial charge in [0.2, 0.25) is 5.91 Å². The summed E-state index contributed by atoms with van der Waals surface area (Å²) in [7, 11) is -3.17. The summed E-state index contributed by atoms with van der Waals surface area (Å²) in [6.07, 6.45) is 1.14. The van der Waals surface area contributed by atoms with Crippen LogP contribution in [0.1, 0.15) is 5.56 Å². The molecule has 1 aliphatic rings. The van der Waals surface area contributed by atoms with Gasteiger partial charge in [-0.15, -0.1) is 0 Å². The fraction of sp³-hybridized carbons (Fsp3) is 0.417. The van der Waals surface area contributed by atoms with Gasteiger partial charge in [-0.1, -0.05) is 12.1 Å². The number of amides is 1. The van der Waals surface area contributed by atoms with Crippen molar-refractivity contribution < 1.29 is 17.9 Å². The van der Waals surface area contributed by atoms with Gasteiger partial charge >= 0.3 is 0 Å². The fourth-order valence-corrected chi connectivity index (χ4v) is 2.43. The van der Waals surface area contributed by atoms with Gasteiger partial charge in [0.15, 0.2) is 9.84 Å². The van der Waals surface area contributed by atoms with Gasteiger partial charge in [0, 0.05) is 19.2 Å². The molecular formula is C12H15NO4S. The highest BCUT2D eigenvalue weighted by atomic mass is 32.2. The first-order valence-corrected chi connectivity index (χ1v) is 7.54. The Kier molecular flexibility index (Phi) is 3.68. The highest BCUT2D eigenvalue weighted by Gasteiger charge is 2.22. The van der Waals surface area contributed by atoms with E-state index in [2.05, 4.69) is 5.32 Å². The number of ether oxygens (including phenoxy) is 1. The van der Waals surface area contributed by atoms with Crippen molar-refractivity contribution in [1.82, 2.24) is 5.32 Å². The number of carbonyl (C=O) groups excluding carboxylic acids is 1. The minimum Gasteiger partial charge on any atom is -0.366 e. The predicted molar refractivity (Wildman–Crippen MR) is 66.0 cm³/mol. The Balaban J connectivity index is 2.08. The number of benzene rings is 1. The minimum absolute atomic E-state index is 0.117. The minimum atomic E-state index is -3.17. The van der Waals surface area contributed by atoms with Gasteiger partial charge in [0.25, 0.3) is 0 Å². The highest BCUT2D eigenvalue weighted by Crippen LogP contribution is 2.13. The van der Waals surface area contributed by atoms with Gasteiger partial charge in [-0.05, 0) is 17.7 Å². The Morgan fingerprint density at radius 1 is 1.33 bits per heavy atom. The molecule has 1 fully saturated rings. The van der Waals surface area contributed by atoms with Crippen LogP contribution in [0.3, 0.4) is 0 Å². The third kappa shape index (κ3) is 3.08. The second kappa shape index (κ2) is 5.07. The average molecular weight is 269 g/mol. The molecule has 1 atom stereocenters. The van der Waals surface area contributed by atoms with E-state index < -0.39 is 15.9 Å². The highest BCUT2D eigenvalue weighted by molar-refractivity contribution is 7.90. The van der Waals surface area contributed by atoms with E-state index in [1.165, 1.54) is 6.26 Å². The Bertz CT molecular complexity index is 536. The molecular weight excluding hydrogens is 254 g/mol. The monoisotopic (exact) mass is 269 g/mol. The smallest absolute Gasteiger partial charge is 0.249 e. The Morgan fingerprint density at radius 2 is 2.00 bits per heavy atom. The molecule has 1 aliphatic heterocycles. The van der Waals surface area contributed by atoms with Gasteiger partial charge < -0.3 is 10.1 Å². The van der Waals surface area contributed by atoms with E-state index in [1.54, 1.807) is 24.3 Å². The summed E-state index contributed by atoms with van der Waals surface area (Å²) >= 11 is 0. The summed E-state index contributed by atoms with van der Waals surface area (Å²) in [6.45, 7) is 1.06. The Labute approximate surface area is 106 Å². The molecule has 6 heteroatoms. The third-order valence-corrected chi connectivity index (χ3v) is 3.91. The summed E-state index contributed by atoms with van der Waals surface area (Å²) in [4.78, 5) is 11.8. The molecule has 1 aromatic rings. The van der Waals surface area contributed by atoms with Crippen molar-refractivity contribution in [2.75, 3.05) is 19.4 Å². The average Bonchev–Trinajstić information content (AvgIpc) is 2.32. The molecule has 1 aromatic carbocycles. The lowest BCUT2D eigenvalue weighted by Gasteiger charge is -2.22. The fourth-order valence-electron chi connectivity index (χ4n) is 1.80. The molecule has 5 nitrogen and oxygen atoms in total. The van der Waals surface area contributed by atoms with Gasteiger partial charge in [0.1, 0.15) is 6.10 Å². The summed E-state index contributed by atoms with van der Waals surface area (Å²) in [6, 6.07) is 6.51. The predicted octanol–water partition coefficient (Wildman–Crippen LogP) is 0.148. The normalized spacial score (nSPS) is 20.5. The maximum atomic E-state index is 11.5. The molecule has 1 heterocycles. The molecule has 1 N–H and O–H groups in total. The van der Waals surface area contributed by atoms with E-state index in [-0.39, 0.29) is 10.8 Å². The molecule has 1 unspecified atom stereocenters. The van der Waals surface area contributed by atoms with Crippen molar-refractivity contribution in [3.05, 3.63) is 29.8 Å². The van der Waals surface area contributed by atoms with Gasteiger partial charge in [0.05, 0.1) is 11.5 Å². The van der Waals surface area contributed by atoms with Crippen molar-refractivity contribution in [2.24, 2.45) is 0 Å². The van der Waals surface area contributed by atoms with Gasteiger partial charge in [-0.25, -0.2) is 8.42 Å². The van der Waals surface area contributed by atoms with E-state index >= 15 is 0 Å². The number of hydrogen-bond acceptors (Lipinski definition) is 4. The van der Waals surface area contributed by atoms with Crippen molar-refractivity contribution in [2.45, 2.75) is 17.4 Å². The molecule has 0 saturated carbocycles. The van der Waals surface area contributed by atoms with Crippen LogP contribution >= 0.6 is 0 Å². The van der Waals surface area contributed by atoms with Crippen LogP contribution in [0.4, 0.5) is 0 Å². The SMILES string of the molecule is CS(=O)(=O)c1ccc(CC2OCCNC2=O)cc1. The van der Waals surface area contributed by atoms with Gasteiger partial charge in [-0.2, -0.15) is 0 Å². The van der Waals surface area contributed by atoms with E-state index in [9.17, 15) is 13.2 Å². The zero-order chi connectivity index (χ0) is 13.2. The lowest BCUT2D eigenvalue weighted by molar-refractivity contribution is -0.137. The molecule has 0 bridgehead atoms. The van der Waals surface area contributed by atoms with Crippen LogP contribution in [-0.4, -0.2) is 39.8 Å². The van der Waals surface area contributed by atoms with Crippen molar-refractivity contribution in [1.29, 1.82) is 0 Å². The maximum absolute atomic E-state index is 11.5. The van der Waals surface area contributed by atoms with E-state index in [1.807, 2.05) is 0 Å². The molecule has 1 amide bonds. The molecule has 18 heavy (non-hydrogen) atoms. The number of sulfone groups is 1. The topological polar surface area (TPSA) is 72.5 Å². The summed E-state index contributed by atoms with van der Waals surface area (Å²) < 4.78 is 28.0. The zero-order valence-corrected chi connectivity index (χ0v) is 10.9. The molecule has 2 rings (SSSR count). The quantitative estimate of drug-likeness (QED) is 0.847. The first kappa shape index (κ1) is 13.0. The number of hydrogen-bond donors (Lipinski definition) is 1. The molecule has 0 aromatic heterocycles. The second-order valence-corrected chi connectivity index (χ2v) is 6.29. The molecule has 0 radical (unpaired) electrons. The van der Waals surface area contributed by atoms with Crippen LogP contribution in [0, 0.1) is 0 Å². The summed E-state index contributed by atoms with van der Waals surface area (Å²) in [5.41, 5.74) is 0.879. The first-order chi connectivity index (χ1) is 8.47. The number of morpholine rings is 1. The van der Waals surface area contributed by atoms with Crippen LogP contribution in [0.15, 0.2) is 29.2 Å². The van der Waals surface area contributed by atoms with Crippen LogP contribution in [0.2, 0.25) is 0 Å². The van der Waals surface area contributed by atoms with Crippen LogP contribution in [-0.2, 0) is 25.8 Å². The Hall–Kier alpha value is -1.40. The lowest BCUT2D eigenvalue weighted by atomic mass is 10.1. The molecule has 0 spiro atoms. The second-order valence-electron chi connectivity index (χ2n) is 4.27. The standard InChI is InChI=1S/C12H15NO4S/c1-18(15,16)10-4-2-9(3-5-10)8-11-12(14)13-6-7-17-11/h2-5,11H,6-8H2,1H3,(H,13,14). The molecule has 98 valence electrons. The molecule has 1 saturated heterocycles. The van der Waals surface area contributed by atoms with Crippen molar-refractivity contribution in [3.8, 4) is 0 Å². The van der Waals surface area contributed by atoms with E-state index in [4.69, 9.17) is 4.74 Å². The van der Waals surface area contributed by atoms with Crippen molar-refractivity contribution in [3.63, 3.8) is 0 Å². The first-order valence-electron chi connectivity index (χ1n) is 5.65. The Morgan fingerprint density at radius 3 is 2.56 bits per heavy atom.